The fourth-order valence-electron chi connectivity index (χ4n) is 3.02. The van der Waals surface area contributed by atoms with Gasteiger partial charge in [0.05, 0.1) is 4.92 Å². The fraction of sp³-hybridized carbons (Fsp3) is 0.0800. The molecule has 0 spiro atoms. The van der Waals surface area contributed by atoms with Gasteiger partial charge in [0.15, 0.2) is 5.76 Å². The highest BCUT2D eigenvalue weighted by atomic mass is 127. The number of non-ortho nitro benzene ring substituents is 1. The number of rotatable bonds is 8. The molecule has 4 rings (SSSR count). The molecule has 0 saturated heterocycles. The van der Waals surface area contributed by atoms with Gasteiger partial charge in [-0.25, -0.2) is 0 Å². The Bertz CT molecular complexity index is 1320. The number of aryl methyl sites for hydroxylation is 1. The Balaban J connectivity index is 1.45. The van der Waals surface area contributed by atoms with E-state index in [1.165, 1.54) is 23.9 Å². The van der Waals surface area contributed by atoms with Gasteiger partial charge in [-0.15, -0.1) is 0 Å². The summed E-state index contributed by atoms with van der Waals surface area (Å²) in [7, 11) is 0. The molecule has 0 unspecified atom stereocenters. The number of hydrogen-bond donors (Lipinski definition) is 1. The quantitative estimate of drug-likeness (QED) is 0.135. The SMILES string of the molecule is Cc1ccc(Sc2cc(NC(=O)c3ccc(COc4ccc(I)cc4)o3)cc([N+](=O)[O-])c2)cc1. The molecule has 0 atom stereocenters. The van der Waals surface area contributed by atoms with E-state index >= 15 is 0 Å². The number of nitro groups is 1. The van der Waals surface area contributed by atoms with Gasteiger partial charge in [0, 0.05) is 31.2 Å². The molecule has 0 aliphatic carbocycles. The fourth-order valence-corrected chi connectivity index (χ4v) is 4.29. The summed E-state index contributed by atoms with van der Waals surface area (Å²) in [6, 6.07) is 23.1. The maximum Gasteiger partial charge on any atom is 0.291 e. The Morgan fingerprint density at radius 1 is 1.03 bits per heavy atom. The number of hydrogen-bond acceptors (Lipinski definition) is 6. The van der Waals surface area contributed by atoms with Crippen molar-refractivity contribution in [2.75, 3.05) is 5.32 Å². The topological polar surface area (TPSA) is 94.6 Å². The van der Waals surface area contributed by atoms with Crippen LogP contribution < -0.4 is 10.1 Å². The molecule has 7 nitrogen and oxygen atoms in total. The third kappa shape index (κ3) is 6.39. The largest absolute Gasteiger partial charge is 0.486 e. The summed E-state index contributed by atoms with van der Waals surface area (Å²) in [6.07, 6.45) is 0. The van der Waals surface area contributed by atoms with E-state index in [2.05, 4.69) is 27.9 Å². The molecular formula is C25H19IN2O5S. The summed E-state index contributed by atoms with van der Waals surface area (Å²) in [6.45, 7) is 2.16. The van der Waals surface area contributed by atoms with Crippen molar-refractivity contribution in [2.24, 2.45) is 0 Å². The maximum absolute atomic E-state index is 12.7. The number of nitrogens with zero attached hydrogens (tertiary/aromatic N) is 1. The molecule has 34 heavy (non-hydrogen) atoms. The van der Waals surface area contributed by atoms with E-state index in [0.717, 1.165) is 14.0 Å². The van der Waals surface area contributed by atoms with E-state index in [1.54, 1.807) is 18.2 Å². The third-order valence-electron chi connectivity index (χ3n) is 4.70. The lowest BCUT2D eigenvalue weighted by molar-refractivity contribution is -0.385. The highest BCUT2D eigenvalue weighted by Gasteiger charge is 2.16. The molecule has 0 aliphatic heterocycles. The maximum atomic E-state index is 12.7. The number of nitrogens with one attached hydrogen (secondary N) is 1. The second-order valence-corrected chi connectivity index (χ2v) is 9.74. The van der Waals surface area contributed by atoms with Gasteiger partial charge in [-0.05, 0) is 84.1 Å². The van der Waals surface area contributed by atoms with Gasteiger partial charge in [0.2, 0.25) is 0 Å². The van der Waals surface area contributed by atoms with Crippen molar-refractivity contribution in [3.8, 4) is 5.75 Å². The van der Waals surface area contributed by atoms with Crippen LogP contribution >= 0.6 is 34.4 Å². The van der Waals surface area contributed by atoms with Crippen LogP contribution in [0.3, 0.4) is 0 Å². The van der Waals surface area contributed by atoms with Crippen LogP contribution in [-0.2, 0) is 6.61 Å². The van der Waals surface area contributed by atoms with Gasteiger partial charge in [0.1, 0.15) is 18.1 Å². The average Bonchev–Trinajstić information content (AvgIpc) is 3.29. The summed E-state index contributed by atoms with van der Waals surface area (Å²) in [4.78, 5) is 25.2. The minimum Gasteiger partial charge on any atom is -0.486 e. The van der Waals surface area contributed by atoms with Crippen LogP contribution in [0.5, 0.6) is 5.75 Å². The van der Waals surface area contributed by atoms with Crippen LogP contribution in [0.4, 0.5) is 11.4 Å². The molecule has 1 heterocycles. The van der Waals surface area contributed by atoms with E-state index in [4.69, 9.17) is 9.15 Å². The summed E-state index contributed by atoms with van der Waals surface area (Å²) >= 11 is 3.59. The Hall–Kier alpha value is -3.31. The van der Waals surface area contributed by atoms with Gasteiger partial charge < -0.3 is 14.5 Å². The van der Waals surface area contributed by atoms with Gasteiger partial charge >= 0.3 is 0 Å². The molecule has 1 amide bonds. The number of carbonyl (C=O) groups is 1. The van der Waals surface area contributed by atoms with Crippen molar-refractivity contribution >= 4 is 51.6 Å². The smallest absolute Gasteiger partial charge is 0.291 e. The van der Waals surface area contributed by atoms with Crippen molar-refractivity contribution in [3.05, 3.63) is 110 Å². The lowest BCUT2D eigenvalue weighted by Crippen LogP contribution is -2.11. The summed E-state index contributed by atoms with van der Waals surface area (Å²) in [5.74, 6) is 0.754. The first-order chi connectivity index (χ1) is 16.4. The predicted octanol–water partition coefficient (Wildman–Crippen LogP) is 7.08. The number of anilines is 1. The minimum atomic E-state index is -0.507. The zero-order chi connectivity index (χ0) is 24.1. The first kappa shape index (κ1) is 23.8. The molecule has 3 aromatic carbocycles. The lowest BCUT2D eigenvalue weighted by atomic mass is 10.2. The molecule has 0 fully saturated rings. The molecule has 1 aromatic heterocycles. The normalized spacial score (nSPS) is 10.6. The molecule has 0 bridgehead atoms. The second-order valence-electron chi connectivity index (χ2n) is 7.35. The van der Waals surface area contributed by atoms with Crippen LogP contribution in [0.1, 0.15) is 21.9 Å². The number of amides is 1. The zero-order valence-electron chi connectivity index (χ0n) is 18.0. The number of carbonyl (C=O) groups excluding carboxylic acids is 1. The number of ether oxygens (including phenoxy) is 1. The second kappa shape index (κ2) is 10.7. The summed E-state index contributed by atoms with van der Waals surface area (Å²) in [5.41, 5.74) is 1.32. The monoisotopic (exact) mass is 586 g/mol. The summed E-state index contributed by atoms with van der Waals surface area (Å²) in [5, 5.41) is 14.1. The van der Waals surface area contributed by atoms with E-state index in [-0.39, 0.29) is 18.1 Å². The zero-order valence-corrected chi connectivity index (χ0v) is 21.0. The van der Waals surface area contributed by atoms with Crippen molar-refractivity contribution in [1.82, 2.24) is 0 Å². The molecule has 0 aliphatic rings. The highest BCUT2D eigenvalue weighted by molar-refractivity contribution is 14.1. The first-order valence-electron chi connectivity index (χ1n) is 10.2. The molecule has 4 aromatic rings. The number of benzene rings is 3. The van der Waals surface area contributed by atoms with Crippen LogP contribution in [0.25, 0.3) is 0 Å². The van der Waals surface area contributed by atoms with E-state index in [1.807, 2.05) is 55.5 Å². The molecule has 0 radical (unpaired) electrons. The third-order valence-corrected chi connectivity index (χ3v) is 6.40. The van der Waals surface area contributed by atoms with Gasteiger partial charge in [0.25, 0.3) is 11.6 Å². The van der Waals surface area contributed by atoms with Crippen molar-refractivity contribution < 1.29 is 18.9 Å². The van der Waals surface area contributed by atoms with Crippen LogP contribution in [0, 0.1) is 20.6 Å². The molecule has 9 heteroatoms. The van der Waals surface area contributed by atoms with Crippen LogP contribution in [0.2, 0.25) is 0 Å². The Kier molecular flexibility index (Phi) is 7.53. The van der Waals surface area contributed by atoms with Crippen LogP contribution in [-0.4, -0.2) is 10.8 Å². The molecular weight excluding hydrogens is 567 g/mol. The van der Waals surface area contributed by atoms with Crippen molar-refractivity contribution in [1.29, 1.82) is 0 Å². The Morgan fingerprint density at radius 2 is 1.76 bits per heavy atom. The van der Waals surface area contributed by atoms with Gasteiger partial charge in [-0.1, -0.05) is 29.5 Å². The number of halogens is 1. The Morgan fingerprint density at radius 3 is 2.47 bits per heavy atom. The van der Waals surface area contributed by atoms with Crippen molar-refractivity contribution in [3.63, 3.8) is 0 Å². The molecule has 0 saturated carbocycles. The predicted molar refractivity (Wildman–Crippen MR) is 139 cm³/mol. The Labute approximate surface area is 213 Å². The lowest BCUT2D eigenvalue weighted by Gasteiger charge is -2.08. The van der Waals surface area contributed by atoms with Gasteiger partial charge in [-0.3, -0.25) is 14.9 Å². The van der Waals surface area contributed by atoms with Crippen molar-refractivity contribution in [2.45, 2.75) is 23.3 Å². The number of furan rings is 1. The van der Waals surface area contributed by atoms with E-state index in [9.17, 15) is 14.9 Å². The van der Waals surface area contributed by atoms with E-state index < -0.39 is 10.8 Å². The molecule has 172 valence electrons. The van der Waals surface area contributed by atoms with Gasteiger partial charge in [-0.2, -0.15) is 0 Å². The highest BCUT2D eigenvalue weighted by Crippen LogP contribution is 2.33. The number of nitro benzene ring substituents is 1. The molecule has 1 N–H and O–H groups in total. The minimum absolute atomic E-state index is 0.0838. The van der Waals surface area contributed by atoms with E-state index in [0.29, 0.717) is 22.1 Å². The summed E-state index contributed by atoms with van der Waals surface area (Å²) < 4.78 is 12.4. The first-order valence-corrected chi connectivity index (χ1v) is 12.1. The average molecular weight is 586 g/mol. The van der Waals surface area contributed by atoms with Crippen LogP contribution in [0.15, 0.2) is 93.1 Å². The standard InChI is InChI=1S/C25H19IN2O5S/c1-16-2-9-22(10-3-16)34-23-13-18(12-19(14-23)28(30)31)27-25(29)24-11-8-21(33-24)15-32-20-6-4-17(26)5-7-20/h2-14H,15H2,1H3,(H,27,29).